The van der Waals surface area contributed by atoms with Crippen molar-refractivity contribution in [2.75, 3.05) is 39.8 Å². The van der Waals surface area contributed by atoms with Gasteiger partial charge in [0.2, 0.25) is 6.54 Å². The third kappa shape index (κ3) is 8.06. The van der Waals surface area contributed by atoms with E-state index in [1.54, 1.807) is 20.3 Å². The highest BCUT2D eigenvalue weighted by atomic mass is 31.2. The fraction of sp³-hybridized carbons (Fsp3) is 0.783. The summed E-state index contributed by atoms with van der Waals surface area (Å²) in [5, 5.41) is 0. The minimum Gasteiger partial charge on any atom is -0.374 e. The quantitative estimate of drug-likeness (QED) is 0.227. The molecule has 1 aromatic rings. The number of H-pyrrole nitrogens is 1. The number of nitrogens with one attached hydrogen (secondary N) is 1. The number of aromatic nitrogens is 2. The number of methoxy groups -OCH3 is 1. The molecule has 1 N–H and O–H groups in total. The van der Waals surface area contributed by atoms with Crippen molar-refractivity contribution in [3.05, 3.63) is 44.0 Å². The Balaban J connectivity index is 2.49. The zero-order chi connectivity index (χ0) is 27.2. The molecule has 11 nitrogen and oxygen atoms in total. The molecular formula is C23H40N4O7P2. The van der Waals surface area contributed by atoms with Crippen LogP contribution in [0.4, 0.5) is 0 Å². The first kappa shape index (κ1) is 30.9. The summed E-state index contributed by atoms with van der Waals surface area (Å²) in [6, 6.07) is 0.190. The highest BCUT2D eigenvalue weighted by Crippen LogP contribution is 2.51. The normalized spacial score (nSPS) is 23.5. The van der Waals surface area contributed by atoms with Crippen LogP contribution in [0.3, 0.4) is 0 Å². The lowest BCUT2D eigenvalue weighted by atomic mass is 10.1. The molecule has 0 radical (unpaired) electrons. The van der Waals surface area contributed by atoms with Gasteiger partial charge in [0.15, 0.2) is 6.23 Å². The average Bonchev–Trinajstić information content (AvgIpc) is 3.10. The summed E-state index contributed by atoms with van der Waals surface area (Å²) in [6.07, 6.45) is -0.459. The zero-order valence-electron chi connectivity index (χ0n) is 22.5. The second-order valence-corrected chi connectivity index (χ2v) is 14.9. The number of rotatable bonds is 13. The fourth-order valence-electron chi connectivity index (χ4n) is 4.15. The van der Waals surface area contributed by atoms with Gasteiger partial charge >= 0.3 is 5.69 Å². The van der Waals surface area contributed by atoms with Gasteiger partial charge < -0.3 is 27.9 Å². The first-order valence-electron chi connectivity index (χ1n) is 12.1. The maximum absolute atomic E-state index is 12.7. The summed E-state index contributed by atoms with van der Waals surface area (Å²) in [6.45, 7) is 20.7. The second-order valence-electron chi connectivity index (χ2n) is 9.92. The Morgan fingerprint density at radius 3 is 2.42 bits per heavy atom. The van der Waals surface area contributed by atoms with E-state index in [0.717, 1.165) is 0 Å². The molecule has 2 rings (SSSR count). The van der Waals surface area contributed by atoms with Crippen LogP contribution in [0.15, 0.2) is 15.8 Å². The third-order valence-corrected chi connectivity index (χ3v) is 9.26. The first-order chi connectivity index (χ1) is 16.8. The SMILES string of the molecule is [C-]#[N+]CCOP(O[C@H]1[C@@H](OC)[C@H](n2cc(C)c(=O)[nH]c2=O)O[C@@H]1CCP(C)(C)=O)N(C(C)C)C(C)C. The molecule has 0 aliphatic carbocycles. The lowest BCUT2D eigenvalue weighted by molar-refractivity contribution is -0.0539. The van der Waals surface area contributed by atoms with Gasteiger partial charge in [0.25, 0.3) is 14.1 Å². The molecule has 1 aliphatic rings. The second kappa shape index (κ2) is 13.4. The lowest BCUT2D eigenvalue weighted by Crippen LogP contribution is -2.41. The molecule has 0 amide bonds. The zero-order valence-corrected chi connectivity index (χ0v) is 24.3. The van der Waals surface area contributed by atoms with Crippen LogP contribution in [0.2, 0.25) is 0 Å². The minimum absolute atomic E-state index is 0.0950. The molecule has 0 spiro atoms. The highest BCUT2D eigenvalue weighted by molar-refractivity contribution is 7.62. The maximum Gasteiger partial charge on any atom is 0.330 e. The molecule has 1 saturated heterocycles. The van der Waals surface area contributed by atoms with E-state index < -0.39 is 51.5 Å². The summed E-state index contributed by atoms with van der Waals surface area (Å²) in [5.41, 5.74) is -0.724. The van der Waals surface area contributed by atoms with Gasteiger partial charge in [-0.1, -0.05) is 0 Å². The first-order valence-corrected chi connectivity index (χ1v) is 16.0. The molecule has 5 atom stereocenters. The molecule has 1 aliphatic heterocycles. The van der Waals surface area contributed by atoms with Crippen LogP contribution in [0, 0.1) is 13.5 Å². The largest absolute Gasteiger partial charge is 0.374 e. The summed E-state index contributed by atoms with van der Waals surface area (Å²) in [7, 11) is -2.46. The molecule has 2 heterocycles. The van der Waals surface area contributed by atoms with Crippen LogP contribution in [0.25, 0.3) is 4.85 Å². The Morgan fingerprint density at radius 1 is 1.25 bits per heavy atom. The Labute approximate surface area is 214 Å². The van der Waals surface area contributed by atoms with Crippen molar-refractivity contribution in [1.82, 2.24) is 14.2 Å². The van der Waals surface area contributed by atoms with Gasteiger partial charge in [0, 0.05) is 37.1 Å². The van der Waals surface area contributed by atoms with E-state index in [4.69, 9.17) is 25.1 Å². The van der Waals surface area contributed by atoms with Crippen LogP contribution in [0.5, 0.6) is 0 Å². The number of aryl methyl sites for hydroxylation is 1. The number of nitrogens with zero attached hydrogens (tertiary/aromatic N) is 3. The van der Waals surface area contributed by atoms with E-state index in [9.17, 15) is 14.2 Å². The van der Waals surface area contributed by atoms with E-state index in [0.29, 0.717) is 18.1 Å². The maximum atomic E-state index is 12.7. The van der Waals surface area contributed by atoms with Crippen LogP contribution in [0.1, 0.15) is 45.9 Å². The third-order valence-electron chi connectivity index (χ3n) is 5.79. The number of hydrogen-bond donors (Lipinski definition) is 1. The molecular weight excluding hydrogens is 506 g/mol. The summed E-state index contributed by atoms with van der Waals surface area (Å²) < 4.78 is 40.8. The monoisotopic (exact) mass is 546 g/mol. The molecule has 204 valence electrons. The molecule has 1 unspecified atom stereocenters. The molecule has 0 aromatic carbocycles. The van der Waals surface area contributed by atoms with Crippen molar-refractivity contribution in [1.29, 1.82) is 0 Å². The van der Waals surface area contributed by atoms with Crippen molar-refractivity contribution in [3.63, 3.8) is 0 Å². The van der Waals surface area contributed by atoms with Crippen molar-refractivity contribution < 1.29 is 23.1 Å². The number of ether oxygens (including phenoxy) is 2. The highest BCUT2D eigenvalue weighted by Gasteiger charge is 2.49. The van der Waals surface area contributed by atoms with Gasteiger partial charge in [-0.05, 0) is 54.4 Å². The summed E-state index contributed by atoms with van der Waals surface area (Å²) in [5.74, 6) is 0. The Bertz CT molecular complexity index is 1050. The van der Waals surface area contributed by atoms with Crippen LogP contribution < -0.4 is 11.2 Å². The van der Waals surface area contributed by atoms with Gasteiger partial charge in [-0.15, -0.1) is 0 Å². The van der Waals surface area contributed by atoms with Gasteiger partial charge in [0.1, 0.15) is 18.8 Å². The Kier molecular flexibility index (Phi) is 11.5. The van der Waals surface area contributed by atoms with E-state index in [1.807, 2.05) is 27.7 Å². The molecule has 0 saturated carbocycles. The number of aromatic amines is 1. The minimum atomic E-state index is -2.36. The fourth-order valence-corrected chi connectivity index (χ4v) is 6.78. The molecule has 0 bridgehead atoms. The van der Waals surface area contributed by atoms with Crippen LogP contribution in [-0.2, 0) is 23.1 Å². The van der Waals surface area contributed by atoms with Gasteiger partial charge in [-0.3, -0.25) is 14.3 Å². The summed E-state index contributed by atoms with van der Waals surface area (Å²) >= 11 is 0. The number of hydrogen-bond acceptors (Lipinski definition) is 8. The van der Waals surface area contributed by atoms with Gasteiger partial charge in [-0.2, -0.15) is 0 Å². The van der Waals surface area contributed by atoms with E-state index in [-0.39, 0.29) is 25.2 Å². The van der Waals surface area contributed by atoms with E-state index in [1.165, 1.54) is 17.9 Å². The van der Waals surface area contributed by atoms with Crippen molar-refractivity contribution >= 4 is 15.7 Å². The standard InChI is InChI=1S/C23H40N4O7P2/c1-15(2)27(16(3)4)35(32-12-11-24-6)34-19-18(10-13-36(8,9)30)33-22(20(19)31-7)26-14-17(5)21(28)25-23(26)29/h14-16,18-20,22H,10-13H2,1-5,7-9H3,(H,25,28,29)/t18-,19-,20-,22-,35?/m1/s1. The molecule has 13 heteroatoms. The van der Waals surface area contributed by atoms with Gasteiger partial charge in [-0.25, -0.2) is 16.0 Å². The smallest absolute Gasteiger partial charge is 0.330 e. The molecule has 1 fully saturated rings. The van der Waals surface area contributed by atoms with Crippen LogP contribution in [-0.4, -0.2) is 84.4 Å². The Morgan fingerprint density at radius 2 is 1.89 bits per heavy atom. The lowest BCUT2D eigenvalue weighted by Gasteiger charge is -2.38. The predicted molar refractivity (Wildman–Crippen MR) is 141 cm³/mol. The van der Waals surface area contributed by atoms with Crippen LogP contribution >= 0.6 is 15.7 Å². The van der Waals surface area contributed by atoms with E-state index >= 15 is 0 Å². The average molecular weight is 547 g/mol. The predicted octanol–water partition coefficient (Wildman–Crippen LogP) is 3.44. The molecule has 36 heavy (non-hydrogen) atoms. The van der Waals surface area contributed by atoms with Crippen molar-refractivity contribution in [2.24, 2.45) is 0 Å². The molecule has 1 aromatic heterocycles. The van der Waals surface area contributed by atoms with E-state index in [2.05, 4.69) is 14.5 Å². The van der Waals surface area contributed by atoms with Gasteiger partial charge in [0.05, 0.1) is 13.2 Å². The van der Waals surface area contributed by atoms with Crippen molar-refractivity contribution in [3.8, 4) is 0 Å². The Hall–Kier alpha value is -1.37. The summed E-state index contributed by atoms with van der Waals surface area (Å²) in [4.78, 5) is 30.3. The van der Waals surface area contributed by atoms with Crippen molar-refractivity contribution in [2.45, 2.75) is 77.7 Å². The topological polar surface area (TPSA) is 116 Å².